The Hall–Kier alpha value is -4.07. The first-order valence-electron chi connectivity index (χ1n) is 11.8. The topological polar surface area (TPSA) is 39.1 Å². The summed E-state index contributed by atoms with van der Waals surface area (Å²) >= 11 is 0. The summed E-state index contributed by atoms with van der Waals surface area (Å²) in [6.45, 7) is 0.560. The van der Waals surface area contributed by atoms with Gasteiger partial charge in [-0.15, -0.1) is 0 Å². The summed E-state index contributed by atoms with van der Waals surface area (Å²) in [6.07, 6.45) is 13.2. The number of nitriles is 1. The molecular weight excluding hydrogens is 430 g/mol. The predicted octanol–water partition coefficient (Wildman–Crippen LogP) is 4.44. The van der Waals surface area contributed by atoms with Gasteiger partial charge in [-0.2, -0.15) is 5.26 Å². The van der Waals surface area contributed by atoms with Crippen molar-refractivity contribution < 1.29 is 0 Å². The van der Waals surface area contributed by atoms with Gasteiger partial charge in [0.05, 0.1) is 24.3 Å². The number of benzene rings is 3. The zero-order chi connectivity index (χ0) is 22.9. The zero-order valence-corrected chi connectivity index (χ0v) is 20.0. The number of hydrogen-bond donors (Lipinski definition) is 1. The van der Waals surface area contributed by atoms with Crippen molar-refractivity contribution in [1.29, 1.82) is 5.26 Å². The van der Waals surface area contributed by atoms with Gasteiger partial charge in [-0.05, 0) is 29.5 Å². The van der Waals surface area contributed by atoms with Gasteiger partial charge in [0, 0.05) is 28.1 Å². The van der Waals surface area contributed by atoms with Gasteiger partial charge in [0.15, 0.2) is 0 Å². The van der Waals surface area contributed by atoms with Crippen LogP contribution in [0.5, 0.6) is 0 Å². The molecule has 6 rings (SSSR count). The first kappa shape index (κ1) is 20.5. The molecule has 164 valence electrons. The Morgan fingerprint density at radius 2 is 1.56 bits per heavy atom. The van der Waals surface area contributed by atoms with Gasteiger partial charge in [0.1, 0.15) is 8.80 Å². The standard InChI is InChI=1S/C30H25N3Si/c31-20-22-18-19-25(32-21-22)24-12-4-5-13-26(24)33-27-14-6-8-16-29(27)34(23-10-2-1-3-11-23)30-17-9-7-15-28(30)33/h1-19,27,29,32,34H,21H2. The number of nitrogens with zero attached hydrogens (tertiary/aromatic N) is 2. The van der Waals surface area contributed by atoms with Gasteiger partial charge in [-0.25, -0.2) is 0 Å². The van der Waals surface area contributed by atoms with Crippen molar-refractivity contribution >= 4 is 36.2 Å². The van der Waals surface area contributed by atoms with Crippen molar-refractivity contribution in [2.75, 3.05) is 11.4 Å². The number of nitrogens with one attached hydrogen (secondary N) is 1. The van der Waals surface area contributed by atoms with Crippen molar-refractivity contribution in [2.45, 2.75) is 11.6 Å². The lowest BCUT2D eigenvalue weighted by Gasteiger charge is -2.47. The van der Waals surface area contributed by atoms with E-state index in [0.717, 1.165) is 16.8 Å². The molecule has 0 fully saturated rings. The summed E-state index contributed by atoms with van der Waals surface area (Å²) in [5.41, 5.74) is 5.92. The first-order chi connectivity index (χ1) is 16.8. The average molecular weight is 456 g/mol. The monoisotopic (exact) mass is 455 g/mol. The highest BCUT2D eigenvalue weighted by atomic mass is 28.3. The molecule has 0 spiro atoms. The van der Waals surface area contributed by atoms with E-state index in [1.165, 1.54) is 21.7 Å². The van der Waals surface area contributed by atoms with Gasteiger partial charge in [-0.3, -0.25) is 0 Å². The lowest BCUT2D eigenvalue weighted by Crippen LogP contribution is -2.58. The molecule has 1 N–H and O–H groups in total. The van der Waals surface area contributed by atoms with E-state index in [1.807, 2.05) is 12.2 Å². The summed E-state index contributed by atoms with van der Waals surface area (Å²) in [6, 6.07) is 31.2. The predicted molar refractivity (Wildman–Crippen MR) is 143 cm³/mol. The summed E-state index contributed by atoms with van der Waals surface area (Å²) in [5, 5.41) is 15.7. The molecule has 0 saturated carbocycles. The number of anilines is 2. The molecular formula is C30H25N3Si. The number of hydrogen-bond acceptors (Lipinski definition) is 3. The lowest BCUT2D eigenvalue weighted by molar-refractivity contribution is 0.765. The molecule has 0 bridgehead atoms. The largest absolute Gasteiger partial charge is 0.380 e. The maximum Gasteiger partial charge on any atom is 0.114 e. The number of fused-ring (bicyclic) bond motifs is 2. The number of para-hydroxylation sites is 2. The molecule has 2 heterocycles. The Morgan fingerprint density at radius 1 is 0.824 bits per heavy atom. The molecule has 3 aromatic rings. The van der Waals surface area contributed by atoms with Crippen LogP contribution in [0.3, 0.4) is 0 Å². The van der Waals surface area contributed by atoms with E-state index < -0.39 is 8.80 Å². The van der Waals surface area contributed by atoms with Crippen molar-refractivity contribution in [1.82, 2.24) is 5.32 Å². The highest BCUT2D eigenvalue weighted by Gasteiger charge is 2.42. The van der Waals surface area contributed by atoms with E-state index in [0.29, 0.717) is 12.1 Å². The number of dihydropyridines is 1. The van der Waals surface area contributed by atoms with E-state index in [2.05, 4.69) is 119 Å². The molecule has 2 aliphatic heterocycles. The fourth-order valence-electron chi connectivity index (χ4n) is 5.53. The van der Waals surface area contributed by atoms with Crippen molar-refractivity contribution in [3.8, 4) is 6.07 Å². The van der Waals surface area contributed by atoms with Crippen LogP contribution >= 0.6 is 0 Å². The zero-order valence-electron chi connectivity index (χ0n) is 18.8. The molecule has 0 radical (unpaired) electrons. The summed E-state index contributed by atoms with van der Waals surface area (Å²) in [4.78, 5) is 2.54. The minimum atomic E-state index is -1.50. The Morgan fingerprint density at radius 3 is 2.35 bits per heavy atom. The smallest absolute Gasteiger partial charge is 0.114 e. The fraction of sp³-hybridized carbons (Fsp3) is 0.100. The maximum absolute atomic E-state index is 9.26. The van der Waals surface area contributed by atoms with Crippen LogP contribution in [0.2, 0.25) is 5.54 Å². The second-order valence-electron chi connectivity index (χ2n) is 8.91. The second-order valence-corrected chi connectivity index (χ2v) is 11.9. The van der Waals surface area contributed by atoms with Crippen LogP contribution in [0.25, 0.3) is 5.70 Å². The Labute approximate surface area is 202 Å². The summed E-state index contributed by atoms with van der Waals surface area (Å²) in [7, 11) is -1.50. The van der Waals surface area contributed by atoms with Crippen molar-refractivity contribution in [3.05, 3.63) is 126 Å². The second kappa shape index (κ2) is 8.70. The third-order valence-corrected chi connectivity index (χ3v) is 10.7. The van der Waals surface area contributed by atoms with Crippen LogP contribution in [-0.2, 0) is 0 Å². The van der Waals surface area contributed by atoms with E-state index in [1.54, 1.807) is 0 Å². The molecule has 4 heteroatoms. The molecule has 0 aromatic heterocycles. The van der Waals surface area contributed by atoms with Crippen LogP contribution < -0.4 is 20.6 Å². The SMILES string of the molecule is N#CC1=CC=C(c2ccccc2N2c3ccccc3[SiH](c3ccccc3)C3C=CC=CC32)NC1. The van der Waals surface area contributed by atoms with Gasteiger partial charge < -0.3 is 10.2 Å². The highest BCUT2D eigenvalue weighted by Crippen LogP contribution is 2.42. The average Bonchev–Trinajstić information content (AvgIpc) is 2.92. The molecule has 3 atom stereocenters. The highest BCUT2D eigenvalue weighted by molar-refractivity contribution is 6.88. The molecule has 1 aliphatic carbocycles. The quantitative estimate of drug-likeness (QED) is 0.594. The van der Waals surface area contributed by atoms with E-state index >= 15 is 0 Å². The normalized spacial score (nSPS) is 22.6. The number of rotatable bonds is 3. The Balaban J connectivity index is 1.54. The molecule has 3 aromatic carbocycles. The summed E-state index contributed by atoms with van der Waals surface area (Å²) in [5.74, 6) is 0. The van der Waals surface area contributed by atoms with Crippen molar-refractivity contribution in [3.63, 3.8) is 0 Å². The minimum Gasteiger partial charge on any atom is -0.380 e. The fourth-order valence-corrected chi connectivity index (χ4v) is 9.31. The molecule has 3 unspecified atom stereocenters. The van der Waals surface area contributed by atoms with Crippen LogP contribution in [0.4, 0.5) is 11.4 Å². The van der Waals surface area contributed by atoms with E-state index in [-0.39, 0.29) is 6.04 Å². The van der Waals surface area contributed by atoms with E-state index in [4.69, 9.17) is 0 Å². The number of allylic oxidation sites excluding steroid dienone is 4. The minimum absolute atomic E-state index is 0.257. The third kappa shape index (κ3) is 3.42. The first-order valence-corrected chi connectivity index (χ1v) is 13.6. The molecule has 3 aliphatic rings. The van der Waals surface area contributed by atoms with Gasteiger partial charge >= 0.3 is 0 Å². The molecule has 0 amide bonds. The molecule has 3 nitrogen and oxygen atoms in total. The van der Waals surface area contributed by atoms with Crippen molar-refractivity contribution in [2.24, 2.45) is 0 Å². The molecule has 0 saturated heterocycles. The van der Waals surface area contributed by atoms with E-state index in [9.17, 15) is 5.26 Å². The Bertz CT molecular complexity index is 1390. The van der Waals surface area contributed by atoms with Crippen LogP contribution in [-0.4, -0.2) is 21.4 Å². The van der Waals surface area contributed by atoms with Crippen LogP contribution in [0, 0.1) is 11.3 Å². The van der Waals surface area contributed by atoms with Crippen LogP contribution in [0.1, 0.15) is 5.56 Å². The maximum atomic E-state index is 9.26. The lowest BCUT2D eigenvalue weighted by atomic mass is 9.99. The van der Waals surface area contributed by atoms with Gasteiger partial charge in [0.2, 0.25) is 0 Å². The third-order valence-electron chi connectivity index (χ3n) is 7.04. The van der Waals surface area contributed by atoms with Crippen LogP contribution in [0.15, 0.2) is 121 Å². The van der Waals surface area contributed by atoms with Gasteiger partial charge in [0.25, 0.3) is 0 Å². The Kier molecular flexibility index (Phi) is 5.25. The summed E-state index contributed by atoms with van der Waals surface area (Å²) < 4.78 is 0. The molecule has 34 heavy (non-hydrogen) atoms. The van der Waals surface area contributed by atoms with Gasteiger partial charge in [-0.1, -0.05) is 96.2 Å².